The van der Waals surface area contributed by atoms with Gasteiger partial charge in [0.1, 0.15) is 0 Å². The van der Waals surface area contributed by atoms with Crippen LogP contribution in [0.5, 0.6) is 0 Å². The van der Waals surface area contributed by atoms with Crippen LogP contribution in [-0.4, -0.2) is 57.2 Å². The van der Waals surface area contributed by atoms with Crippen molar-refractivity contribution in [1.29, 1.82) is 0 Å². The average molecular weight is 274 g/mol. The number of hydrogen-bond acceptors (Lipinski definition) is 6. The lowest BCUT2D eigenvalue weighted by Crippen LogP contribution is -2.34. The summed E-state index contributed by atoms with van der Waals surface area (Å²) < 4.78 is 9.85. The van der Waals surface area contributed by atoms with Gasteiger partial charge in [0.05, 0.1) is 0 Å². The maximum absolute atomic E-state index is 8.56. The molecule has 10 heteroatoms. The van der Waals surface area contributed by atoms with Gasteiger partial charge < -0.3 is 29.9 Å². The van der Waals surface area contributed by atoms with E-state index in [0.29, 0.717) is 13.2 Å². The van der Waals surface area contributed by atoms with Gasteiger partial charge in [0.15, 0.2) is 0 Å². The predicted molar refractivity (Wildman–Crippen MR) is 56.7 cm³/mol. The molecule has 0 aliphatic heterocycles. The van der Waals surface area contributed by atoms with Gasteiger partial charge in [0.25, 0.3) is 0 Å². The summed E-state index contributed by atoms with van der Waals surface area (Å²) in [6.45, 7) is 5.93. The third-order valence-corrected chi connectivity index (χ3v) is 0.979. The highest BCUT2D eigenvalue weighted by atomic mass is 17.2. The van der Waals surface area contributed by atoms with Crippen molar-refractivity contribution in [2.24, 2.45) is 0 Å². The first-order chi connectivity index (χ1) is 8.15. The minimum absolute atomic E-state index is 0.428. The number of carboxylic acid groups (broad SMARTS) is 4. The minimum atomic E-state index is -1.83. The molecular weight excluding hydrogens is 256 g/mol. The van der Waals surface area contributed by atoms with Gasteiger partial charge in [-0.05, 0) is 13.8 Å². The van der Waals surface area contributed by atoms with E-state index in [2.05, 4.69) is 4.89 Å². The second kappa shape index (κ2) is 13.4. The van der Waals surface area contributed by atoms with Gasteiger partial charge in [0, 0.05) is 20.1 Å². The zero-order valence-electron chi connectivity index (χ0n) is 10.2. The van der Waals surface area contributed by atoms with Crippen LogP contribution in [0.15, 0.2) is 0 Å². The summed E-state index contributed by atoms with van der Waals surface area (Å²) in [4.78, 5) is 21.1. The Bertz CT molecular complexity index is 190. The molecule has 0 fully saturated rings. The number of rotatable bonds is 5. The highest BCUT2D eigenvalue weighted by Gasteiger charge is 2.25. The Morgan fingerprint density at radius 1 is 0.944 bits per heavy atom. The fourth-order valence-electron chi connectivity index (χ4n) is 0.619. The lowest BCUT2D eigenvalue weighted by Gasteiger charge is -2.24. The van der Waals surface area contributed by atoms with Gasteiger partial charge in [-0.1, -0.05) is 0 Å². The standard InChI is InChI=1S/C6H14O4.2CH2O3/c1-4-8-6(3,10-7)9-5-2;2*2-1(3)4/h7H,4-5H2,1-3H3;2*(H2,2,3,4). The molecule has 0 amide bonds. The molecule has 0 aromatic carbocycles. The molecule has 5 N–H and O–H groups in total. The van der Waals surface area contributed by atoms with Crippen LogP contribution in [0, 0.1) is 0 Å². The molecule has 110 valence electrons. The lowest BCUT2D eigenvalue weighted by atomic mass is 10.6. The van der Waals surface area contributed by atoms with E-state index < -0.39 is 18.3 Å². The van der Waals surface area contributed by atoms with Crippen LogP contribution in [0.25, 0.3) is 0 Å². The molecule has 0 saturated carbocycles. The quantitative estimate of drug-likeness (QED) is 0.283. The molecule has 0 saturated heterocycles. The largest absolute Gasteiger partial charge is 0.503 e. The van der Waals surface area contributed by atoms with Crippen molar-refractivity contribution in [2.75, 3.05) is 13.2 Å². The molecule has 0 aliphatic rings. The fraction of sp³-hybridized carbons (Fsp3) is 0.750. The molecule has 0 heterocycles. The van der Waals surface area contributed by atoms with Crippen LogP contribution in [-0.2, 0) is 14.4 Å². The van der Waals surface area contributed by atoms with Crippen molar-refractivity contribution >= 4 is 12.3 Å². The molecule has 18 heavy (non-hydrogen) atoms. The molecule has 0 aromatic rings. The van der Waals surface area contributed by atoms with Gasteiger partial charge in [-0.2, -0.15) is 4.89 Å². The van der Waals surface area contributed by atoms with Crippen molar-refractivity contribution in [3.8, 4) is 0 Å². The Hall–Kier alpha value is -1.62. The van der Waals surface area contributed by atoms with E-state index in [0.717, 1.165) is 0 Å². The summed E-state index contributed by atoms with van der Waals surface area (Å²) in [5.74, 6) is -1.30. The summed E-state index contributed by atoms with van der Waals surface area (Å²) in [7, 11) is 0. The highest BCUT2D eigenvalue weighted by molar-refractivity contribution is 5.53. The van der Waals surface area contributed by atoms with Crippen molar-refractivity contribution < 1.29 is 49.6 Å². The first-order valence-electron chi connectivity index (χ1n) is 4.59. The number of ether oxygens (including phenoxy) is 2. The highest BCUT2D eigenvalue weighted by Crippen LogP contribution is 2.11. The summed E-state index contributed by atoms with van der Waals surface area (Å²) in [5.41, 5.74) is 0. The molecule has 0 bridgehead atoms. The van der Waals surface area contributed by atoms with Crippen LogP contribution in [0.1, 0.15) is 20.8 Å². The van der Waals surface area contributed by atoms with Gasteiger partial charge in [0.2, 0.25) is 0 Å². The van der Waals surface area contributed by atoms with Crippen LogP contribution < -0.4 is 0 Å². The zero-order chi connectivity index (χ0) is 15.2. The minimum Gasteiger partial charge on any atom is -0.450 e. The second-order valence-corrected chi connectivity index (χ2v) is 2.38. The first kappa shape index (κ1) is 21.6. The van der Waals surface area contributed by atoms with E-state index in [1.54, 1.807) is 13.8 Å². The van der Waals surface area contributed by atoms with E-state index >= 15 is 0 Å². The third kappa shape index (κ3) is 29.3. The van der Waals surface area contributed by atoms with Crippen molar-refractivity contribution in [2.45, 2.75) is 26.7 Å². The first-order valence-corrected chi connectivity index (χ1v) is 4.59. The van der Waals surface area contributed by atoms with Gasteiger partial charge in [-0.3, -0.25) is 0 Å². The zero-order valence-corrected chi connectivity index (χ0v) is 10.2. The fourth-order valence-corrected chi connectivity index (χ4v) is 0.619. The third-order valence-electron chi connectivity index (χ3n) is 0.979. The molecule has 0 unspecified atom stereocenters. The van der Waals surface area contributed by atoms with E-state index in [-0.39, 0.29) is 0 Å². The monoisotopic (exact) mass is 274 g/mol. The average Bonchev–Trinajstić information content (AvgIpc) is 2.16. The van der Waals surface area contributed by atoms with Gasteiger partial charge >= 0.3 is 18.3 Å². The molecule has 0 rings (SSSR count). The number of hydrogen-bond donors (Lipinski definition) is 5. The summed E-state index contributed by atoms with van der Waals surface area (Å²) in [6, 6.07) is 0. The molecule has 0 atom stereocenters. The molecular formula is C8H18O10. The lowest BCUT2D eigenvalue weighted by molar-refractivity contribution is -0.482. The Morgan fingerprint density at radius 3 is 1.28 bits per heavy atom. The maximum Gasteiger partial charge on any atom is 0.503 e. The van der Waals surface area contributed by atoms with E-state index in [9.17, 15) is 0 Å². The van der Waals surface area contributed by atoms with E-state index in [4.69, 9.17) is 44.7 Å². The van der Waals surface area contributed by atoms with Gasteiger partial charge in [-0.25, -0.2) is 14.8 Å². The molecule has 10 nitrogen and oxygen atoms in total. The Morgan fingerprint density at radius 2 is 1.17 bits per heavy atom. The molecule has 0 aliphatic carbocycles. The summed E-state index contributed by atoms with van der Waals surface area (Å²) in [6.07, 6.45) is -3.67. The van der Waals surface area contributed by atoms with Crippen molar-refractivity contribution in [1.82, 2.24) is 0 Å². The Balaban J connectivity index is -0.000000233. The summed E-state index contributed by atoms with van der Waals surface area (Å²) in [5, 5.41) is 36.2. The Kier molecular flexibility index (Phi) is 16.2. The van der Waals surface area contributed by atoms with E-state index in [1.165, 1.54) is 6.92 Å². The maximum atomic E-state index is 8.56. The van der Waals surface area contributed by atoms with Crippen LogP contribution in [0.4, 0.5) is 9.59 Å². The second-order valence-electron chi connectivity index (χ2n) is 2.38. The predicted octanol–water partition coefficient (Wildman–Crippen LogP) is 1.67. The van der Waals surface area contributed by atoms with Crippen LogP contribution in [0.3, 0.4) is 0 Å². The van der Waals surface area contributed by atoms with Crippen LogP contribution in [0.2, 0.25) is 0 Å². The van der Waals surface area contributed by atoms with Crippen LogP contribution >= 0.6 is 0 Å². The number of carbonyl (C=O) groups is 2. The molecule has 0 spiro atoms. The molecule has 0 radical (unpaired) electrons. The summed E-state index contributed by atoms with van der Waals surface area (Å²) >= 11 is 0. The topological polar surface area (TPSA) is 163 Å². The SMILES string of the molecule is CCOC(C)(OO)OCC.O=C(O)O.O=C(O)O. The van der Waals surface area contributed by atoms with E-state index in [1.807, 2.05) is 0 Å². The van der Waals surface area contributed by atoms with Crippen molar-refractivity contribution in [3.05, 3.63) is 0 Å². The Labute approximate surface area is 103 Å². The smallest absolute Gasteiger partial charge is 0.450 e. The van der Waals surface area contributed by atoms with Gasteiger partial charge in [-0.15, -0.1) is 0 Å². The van der Waals surface area contributed by atoms with Crippen molar-refractivity contribution in [3.63, 3.8) is 0 Å². The molecule has 0 aromatic heterocycles. The normalized spacial score (nSPS) is 9.33.